The van der Waals surface area contributed by atoms with Gasteiger partial charge in [-0.25, -0.2) is 0 Å². The van der Waals surface area contributed by atoms with Crippen molar-refractivity contribution in [2.24, 2.45) is 5.73 Å². The van der Waals surface area contributed by atoms with Crippen LogP contribution in [0, 0.1) is 6.92 Å². The highest BCUT2D eigenvalue weighted by Crippen LogP contribution is 2.12. The molecule has 0 aromatic carbocycles. The van der Waals surface area contributed by atoms with Gasteiger partial charge in [-0.15, -0.1) is 0 Å². The number of nitrogens with zero attached hydrogens (tertiary/aromatic N) is 2. The largest absolute Gasteiger partial charge is 0.469 e. The first-order valence-corrected chi connectivity index (χ1v) is 7.47. The lowest BCUT2D eigenvalue weighted by molar-refractivity contribution is 0.0760. The monoisotopic (exact) mass is 279 g/mol. The SMILES string of the molecule is Cc1cc(C(=O)N2CCCN(CCCCN)CC2)co1. The number of rotatable bonds is 5. The minimum Gasteiger partial charge on any atom is -0.469 e. The third kappa shape index (κ3) is 4.08. The summed E-state index contributed by atoms with van der Waals surface area (Å²) in [7, 11) is 0. The normalized spacial score (nSPS) is 17.2. The highest BCUT2D eigenvalue weighted by Gasteiger charge is 2.21. The number of carbonyl (C=O) groups is 1. The van der Waals surface area contributed by atoms with Crippen LogP contribution in [0.2, 0.25) is 0 Å². The predicted molar refractivity (Wildman–Crippen MR) is 78.7 cm³/mol. The average Bonchev–Trinajstić information content (AvgIpc) is 2.74. The second-order valence-electron chi connectivity index (χ2n) is 5.43. The lowest BCUT2D eigenvalue weighted by Gasteiger charge is -2.21. The lowest BCUT2D eigenvalue weighted by atomic mass is 10.2. The summed E-state index contributed by atoms with van der Waals surface area (Å²) in [4.78, 5) is 16.7. The number of hydrogen-bond donors (Lipinski definition) is 1. The van der Waals surface area contributed by atoms with Gasteiger partial charge in [0.05, 0.1) is 5.56 Å². The van der Waals surface area contributed by atoms with Gasteiger partial charge in [0, 0.05) is 19.6 Å². The Morgan fingerprint density at radius 1 is 1.30 bits per heavy atom. The van der Waals surface area contributed by atoms with Crippen LogP contribution in [-0.4, -0.2) is 55.0 Å². The third-order valence-corrected chi connectivity index (χ3v) is 3.78. The maximum absolute atomic E-state index is 12.4. The summed E-state index contributed by atoms with van der Waals surface area (Å²) in [6, 6.07) is 1.81. The Hall–Kier alpha value is -1.33. The number of furan rings is 1. The van der Waals surface area contributed by atoms with Gasteiger partial charge in [-0.2, -0.15) is 0 Å². The van der Waals surface area contributed by atoms with Gasteiger partial charge in [-0.1, -0.05) is 0 Å². The van der Waals surface area contributed by atoms with E-state index >= 15 is 0 Å². The molecule has 0 atom stereocenters. The Kier molecular flexibility index (Phi) is 5.61. The molecule has 1 aromatic heterocycles. The summed E-state index contributed by atoms with van der Waals surface area (Å²) in [6.45, 7) is 7.36. The van der Waals surface area contributed by atoms with Crippen LogP contribution in [0.3, 0.4) is 0 Å². The minimum absolute atomic E-state index is 0.0886. The van der Waals surface area contributed by atoms with E-state index in [2.05, 4.69) is 4.90 Å². The Balaban J connectivity index is 1.84. The van der Waals surface area contributed by atoms with Gasteiger partial charge in [0.25, 0.3) is 5.91 Å². The molecule has 20 heavy (non-hydrogen) atoms. The van der Waals surface area contributed by atoms with E-state index in [0.29, 0.717) is 5.56 Å². The molecule has 1 amide bonds. The topological polar surface area (TPSA) is 62.7 Å². The van der Waals surface area contributed by atoms with E-state index in [1.165, 1.54) is 0 Å². The molecule has 0 radical (unpaired) electrons. The van der Waals surface area contributed by atoms with E-state index in [4.69, 9.17) is 10.2 Å². The van der Waals surface area contributed by atoms with Crippen molar-refractivity contribution in [3.8, 4) is 0 Å². The molecule has 2 rings (SSSR count). The van der Waals surface area contributed by atoms with Crippen LogP contribution in [-0.2, 0) is 0 Å². The van der Waals surface area contributed by atoms with Crippen molar-refractivity contribution >= 4 is 5.91 Å². The zero-order valence-corrected chi connectivity index (χ0v) is 12.3. The van der Waals surface area contributed by atoms with Crippen molar-refractivity contribution in [2.75, 3.05) is 39.3 Å². The molecule has 0 saturated carbocycles. The molecule has 1 fully saturated rings. The van der Waals surface area contributed by atoms with Crippen LogP contribution >= 0.6 is 0 Å². The Labute approximate surface area is 120 Å². The van der Waals surface area contributed by atoms with Crippen LogP contribution in [0.25, 0.3) is 0 Å². The van der Waals surface area contributed by atoms with E-state index in [1.807, 2.05) is 17.9 Å². The van der Waals surface area contributed by atoms with E-state index in [9.17, 15) is 4.79 Å². The molecule has 1 aromatic rings. The van der Waals surface area contributed by atoms with Crippen LogP contribution in [0.5, 0.6) is 0 Å². The quantitative estimate of drug-likeness (QED) is 0.829. The predicted octanol–water partition coefficient (Wildman–Crippen LogP) is 1.47. The molecular formula is C15H25N3O2. The van der Waals surface area contributed by atoms with Crippen molar-refractivity contribution in [2.45, 2.75) is 26.2 Å². The average molecular weight is 279 g/mol. The first-order chi connectivity index (χ1) is 9.70. The molecule has 0 spiro atoms. The number of hydrogen-bond acceptors (Lipinski definition) is 4. The number of unbranched alkanes of at least 4 members (excludes halogenated alkanes) is 1. The summed E-state index contributed by atoms with van der Waals surface area (Å²) in [5.41, 5.74) is 6.19. The van der Waals surface area contributed by atoms with Crippen LogP contribution < -0.4 is 5.73 Å². The summed E-state index contributed by atoms with van der Waals surface area (Å²) < 4.78 is 5.22. The van der Waals surface area contributed by atoms with Gasteiger partial charge < -0.3 is 20.0 Å². The maximum Gasteiger partial charge on any atom is 0.257 e. The second-order valence-corrected chi connectivity index (χ2v) is 5.43. The van der Waals surface area contributed by atoms with Gasteiger partial charge in [-0.3, -0.25) is 4.79 Å². The molecule has 1 aliphatic rings. The Morgan fingerprint density at radius 3 is 2.85 bits per heavy atom. The second kappa shape index (κ2) is 7.45. The van der Waals surface area contributed by atoms with Crippen molar-refractivity contribution in [3.05, 3.63) is 23.7 Å². The molecule has 0 unspecified atom stereocenters. The molecule has 5 heteroatoms. The van der Waals surface area contributed by atoms with Gasteiger partial charge >= 0.3 is 0 Å². The molecule has 0 aliphatic carbocycles. The summed E-state index contributed by atoms with van der Waals surface area (Å²) in [5, 5.41) is 0. The molecule has 112 valence electrons. The highest BCUT2D eigenvalue weighted by molar-refractivity contribution is 5.94. The number of carbonyl (C=O) groups excluding carboxylic acids is 1. The Bertz CT molecular complexity index is 431. The van der Waals surface area contributed by atoms with E-state index in [1.54, 1.807) is 6.26 Å². The fourth-order valence-electron chi connectivity index (χ4n) is 2.62. The number of nitrogens with two attached hydrogens (primary N) is 1. The van der Waals surface area contributed by atoms with Crippen LogP contribution in [0.4, 0.5) is 0 Å². The van der Waals surface area contributed by atoms with E-state index in [0.717, 1.165) is 64.3 Å². The zero-order chi connectivity index (χ0) is 14.4. The molecule has 1 saturated heterocycles. The fourth-order valence-corrected chi connectivity index (χ4v) is 2.62. The molecule has 1 aliphatic heterocycles. The van der Waals surface area contributed by atoms with E-state index in [-0.39, 0.29) is 5.91 Å². The van der Waals surface area contributed by atoms with E-state index < -0.39 is 0 Å². The lowest BCUT2D eigenvalue weighted by Crippen LogP contribution is -2.35. The Morgan fingerprint density at radius 2 is 2.15 bits per heavy atom. The third-order valence-electron chi connectivity index (χ3n) is 3.78. The minimum atomic E-state index is 0.0886. The van der Waals surface area contributed by atoms with Gasteiger partial charge in [-0.05, 0) is 51.9 Å². The highest BCUT2D eigenvalue weighted by atomic mass is 16.3. The standard InChI is InChI=1S/C15H25N3O2/c1-13-11-14(12-20-13)15(19)18-8-4-7-17(9-10-18)6-3-2-5-16/h11-12H,2-10,16H2,1H3. The first kappa shape index (κ1) is 15.1. The number of aryl methyl sites for hydroxylation is 1. The van der Waals surface area contributed by atoms with Crippen molar-refractivity contribution < 1.29 is 9.21 Å². The molecular weight excluding hydrogens is 254 g/mol. The molecule has 2 heterocycles. The molecule has 0 bridgehead atoms. The van der Waals surface area contributed by atoms with Gasteiger partial charge in [0.15, 0.2) is 0 Å². The summed E-state index contributed by atoms with van der Waals surface area (Å²) in [5.74, 6) is 0.872. The van der Waals surface area contributed by atoms with Crippen molar-refractivity contribution in [3.63, 3.8) is 0 Å². The number of amides is 1. The molecule has 5 nitrogen and oxygen atoms in total. The van der Waals surface area contributed by atoms with Crippen molar-refractivity contribution in [1.29, 1.82) is 0 Å². The van der Waals surface area contributed by atoms with Crippen LogP contribution in [0.15, 0.2) is 16.7 Å². The summed E-state index contributed by atoms with van der Waals surface area (Å²) >= 11 is 0. The fraction of sp³-hybridized carbons (Fsp3) is 0.667. The smallest absolute Gasteiger partial charge is 0.257 e. The van der Waals surface area contributed by atoms with Crippen molar-refractivity contribution in [1.82, 2.24) is 9.80 Å². The summed E-state index contributed by atoms with van der Waals surface area (Å²) in [6.07, 6.45) is 4.81. The zero-order valence-electron chi connectivity index (χ0n) is 12.3. The van der Waals surface area contributed by atoms with Gasteiger partial charge in [0.1, 0.15) is 12.0 Å². The maximum atomic E-state index is 12.4. The molecule has 2 N–H and O–H groups in total. The van der Waals surface area contributed by atoms with Gasteiger partial charge in [0.2, 0.25) is 0 Å². The van der Waals surface area contributed by atoms with Crippen LogP contribution in [0.1, 0.15) is 35.4 Å². The first-order valence-electron chi connectivity index (χ1n) is 7.47.